The molecular weight excluding hydrogens is 534 g/mol. The predicted octanol–water partition coefficient (Wildman–Crippen LogP) is 10.4. The lowest BCUT2D eigenvalue weighted by Crippen LogP contribution is -2.03. The van der Waals surface area contributed by atoms with Gasteiger partial charge in [-0.25, -0.2) is 0 Å². The van der Waals surface area contributed by atoms with Crippen LogP contribution in [0.5, 0.6) is 0 Å². The summed E-state index contributed by atoms with van der Waals surface area (Å²) in [7, 11) is 0. The fraction of sp³-hybridized carbons (Fsp3) is 0.0244. The van der Waals surface area contributed by atoms with Gasteiger partial charge >= 0.3 is 0 Å². The van der Waals surface area contributed by atoms with Gasteiger partial charge in [0.2, 0.25) is 0 Å². The minimum absolute atomic E-state index is 0.694. The first-order valence-corrected chi connectivity index (χ1v) is 15.0. The molecule has 0 bridgehead atoms. The van der Waals surface area contributed by atoms with Gasteiger partial charge in [0.15, 0.2) is 0 Å². The number of nitrogens with one attached hydrogen (secondary N) is 1. The molecule has 0 aliphatic carbocycles. The number of anilines is 1. The number of aliphatic imine (C=N–C) groups is 1. The molecule has 1 N–H and O–H groups in total. The summed E-state index contributed by atoms with van der Waals surface area (Å²) in [4.78, 5) is 9.79. The molecule has 0 amide bonds. The van der Waals surface area contributed by atoms with E-state index in [4.69, 9.17) is 4.99 Å². The fourth-order valence-corrected chi connectivity index (χ4v) is 6.39. The Labute approximate surface area is 256 Å². The average Bonchev–Trinajstić information content (AvgIpc) is 3.07. The molecule has 208 valence electrons. The van der Waals surface area contributed by atoms with Crippen LogP contribution in [-0.4, -0.2) is 17.2 Å². The fourth-order valence-electron chi connectivity index (χ4n) is 6.39. The normalized spacial score (nSPS) is 16.8. The summed E-state index contributed by atoms with van der Waals surface area (Å²) in [5, 5.41) is 11.9. The van der Waals surface area contributed by atoms with Gasteiger partial charge in [0, 0.05) is 35.5 Å². The van der Waals surface area contributed by atoms with E-state index in [1.165, 1.54) is 43.4 Å². The van der Waals surface area contributed by atoms with E-state index in [1.54, 1.807) is 0 Å². The molecule has 0 fully saturated rings. The van der Waals surface area contributed by atoms with Crippen LogP contribution in [0.4, 0.5) is 5.69 Å². The van der Waals surface area contributed by atoms with Gasteiger partial charge in [0.25, 0.3) is 0 Å². The molecule has 8 rings (SSSR count). The number of aromatic nitrogens is 1. The molecule has 1 aliphatic heterocycles. The van der Waals surface area contributed by atoms with Crippen molar-refractivity contribution in [2.75, 3.05) is 11.9 Å². The molecule has 44 heavy (non-hydrogen) atoms. The van der Waals surface area contributed by atoms with Gasteiger partial charge in [0.05, 0.1) is 16.9 Å². The number of hydrogen-bond donors (Lipinski definition) is 1. The Hall–Kier alpha value is -5.80. The number of nitrogens with zero attached hydrogens (tertiary/aromatic N) is 2. The third-order valence-electron chi connectivity index (χ3n) is 8.40. The van der Waals surface area contributed by atoms with Gasteiger partial charge in [0.1, 0.15) is 0 Å². The molecule has 1 aromatic heterocycles. The summed E-state index contributed by atoms with van der Waals surface area (Å²) in [6.07, 6.45) is 14.2. The Bertz CT molecular complexity index is 2280. The van der Waals surface area contributed by atoms with Crippen LogP contribution in [0.3, 0.4) is 0 Å². The van der Waals surface area contributed by atoms with Crippen LogP contribution in [0, 0.1) is 0 Å². The highest BCUT2D eigenvalue weighted by Gasteiger charge is 2.17. The first kappa shape index (κ1) is 25.9. The van der Waals surface area contributed by atoms with Gasteiger partial charge in [-0.15, -0.1) is 0 Å². The number of pyridine rings is 1. The first-order valence-electron chi connectivity index (χ1n) is 15.0. The van der Waals surface area contributed by atoms with Crippen molar-refractivity contribution >= 4 is 60.7 Å². The van der Waals surface area contributed by atoms with E-state index in [0.29, 0.717) is 6.54 Å². The van der Waals surface area contributed by atoms with Crippen LogP contribution < -0.4 is 5.32 Å². The molecule has 0 spiro atoms. The molecule has 6 aromatic carbocycles. The second-order valence-electron chi connectivity index (χ2n) is 11.0. The number of fused-ring (bicyclic) bond motifs is 6. The molecule has 0 saturated heterocycles. The van der Waals surface area contributed by atoms with Crippen LogP contribution in [-0.2, 0) is 0 Å². The van der Waals surface area contributed by atoms with Crippen LogP contribution in [0.25, 0.3) is 60.4 Å². The highest BCUT2D eigenvalue weighted by Crippen LogP contribution is 2.40. The van der Waals surface area contributed by atoms with E-state index in [2.05, 4.69) is 150 Å². The van der Waals surface area contributed by atoms with Gasteiger partial charge in [-0.05, 0) is 67.7 Å². The van der Waals surface area contributed by atoms with Crippen molar-refractivity contribution in [2.45, 2.75) is 0 Å². The molecule has 0 radical (unpaired) electrons. The zero-order valence-corrected chi connectivity index (χ0v) is 24.1. The van der Waals surface area contributed by atoms with Crippen molar-refractivity contribution in [3.05, 3.63) is 163 Å². The second kappa shape index (κ2) is 11.1. The van der Waals surface area contributed by atoms with E-state index in [1.807, 2.05) is 18.5 Å². The Morgan fingerprint density at radius 3 is 2.05 bits per heavy atom. The number of allylic oxidation sites excluding steroid dienone is 3. The lowest BCUT2D eigenvalue weighted by atomic mass is 9.86. The molecule has 0 unspecified atom stereocenters. The highest BCUT2D eigenvalue weighted by molar-refractivity contribution is 6.28. The zero-order valence-electron chi connectivity index (χ0n) is 24.1. The van der Waals surface area contributed by atoms with Crippen molar-refractivity contribution in [2.24, 2.45) is 4.99 Å². The van der Waals surface area contributed by atoms with Crippen LogP contribution in [0.2, 0.25) is 0 Å². The maximum atomic E-state index is 5.12. The van der Waals surface area contributed by atoms with Crippen molar-refractivity contribution in [3.63, 3.8) is 0 Å². The standard InChI is InChI=1S/C41H29N3/c1-2-18-37(42-26-23-30-21-20-29-13-10-25-44-40(29)41(30)43-24-9-1)39-35-16-7-5-14-33(35)38(34-15-6-8-17-36(34)39)32-22-19-28-11-3-4-12-31(28)27-32/h1-23,25-27,43H,24H2/b9-1+,18-2-,26-23-,42-37+. The number of rotatable bonds is 2. The second-order valence-corrected chi connectivity index (χ2v) is 11.0. The largest absolute Gasteiger partial charge is 0.379 e. The summed E-state index contributed by atoms with van der Waals surface area (Å²) >= 11 is 0. The molecule has 2 heterocycles. The van der Waals surface area contributed by atoms with Gasteiger partial charge in [-0.1, -0.05) is 121 Å². The molecule has 3 heteroatoms. The minimum atomic E-state index is 0.694. The van der Waals surface area contributed by atoms with Crippen molar-refractivity contribution in [1.29, 1.82) is 0 Å². The number of benzene rings is 6. The summed E-state index contributed by atoms with van der Waals surface area (Å²) in [5.74, 6) is 0. The van der Waals surface area contributed by atoms with Gasteiger partial charge in [-0.3, -0.25) is 9.98 Å². The summed E-state index contributed by atoms with van der Waals surface area (Å²) in [6, 6.07) is 41.1. The lowest BCUT2D eigenvalue weighted by molar-refractivity contribution is 1.31. The topological polar surface area (TPSA) is 37.3 Å². The average molecular weight is 564 g/mol. The van der Waals surface area contributed by atoms with E-state index in [-0.39, 0.29) is 0 Å². The molecule has 7 aromatic rings. The van der Waals surface area contributed by atoms with Crippen LogP contribution in [0.1, 0.15) is 11.1 Å². The first-order chi connectivity index (χ1) is 21.8. The molecule has 1 aliphatic rings. The van der Waals surface area contributed by atoms with Crippen LogP contribution >= 0.6 is 0 Å². The molecule has 0 atom stereocenters. The lowest BCUT2D eigenvalue weighted by Gasteiger charge is -2.18. The summed E-state index contributed by atoms with van der Waals surface area (Å²) in [5.41, 5.74) is 7.54. The van der Waals surface area contributed by atoms with E-state index in [0.717, 1.165) is 33.4 Å². The maximum absolute atomic E-state index is 5.12. The van der Waals surface area contributed by atoms with Crippen molar-refractivity contribution in [3.8, 4) is 11.1 Å². The minimum Gasteiger partial charge on any atom is -0.379 e. The number of hydrogen-bond acceptors (Lipinski definition) is 3. The highest BCUT2D eigenvalue weighted by atomic mass is 14.9. The van der Waals surface area contributed by atoms with E-state index < -0.39 is 0 Å². The molecule has 0 saturated carbocycles. The van der Waals surface area contributed by atoms with E-state index in [9.17, 15) is 0 Å². The third-order valence-corrected chi connectivity index (χ3v) is 8.40. The Morgan fingerprint density at radius 1 is 0.568 bits per heavy atom. The third kappa shape index (κ3) is 4.56. The zero-order chi connectivity index (χ0) is 29.3. The summed E-state index contributed by atoms with van der Waals surface area (Å²) in [6.45, 7) is 0.694. The van der Waals surface area contributed by atoms with Crippen molar-refractivity contribution in [1.82, 2.24) is 4.98 Å². The smallest absolute Gasteiger partial charge is 0.0939 e. The monoisotopic (exact) mass is 563 g/mol. The quantitative estimate of drug-likeness (QED) is 0.213. The molecular formula is C41H29N3. The maximum Gasteiger partial charge on any atom is 0.0939 e. The van der Waals surface area contributed by atoms with Crippen LogP contribution in [0.15, 0.2) is 157 Å². The Kier molecular flexibility index (Phi) is 6.54. The Balaban J connectivity index is 1.36. The van der Waals surface area contributed by atoms with Gasteiger partial charge < -0.3 is 5.32 Å². The Morgan fingerprint density at radius 2 is 1.25 bits per heavy atom. The molecule has 3 nitrogen and oxygen atoms in total. The van der Waals surface area contributed by atoms with Crippen molar-refractivity contribution < 1.29 is 0 Å². The van der Waals surface area contributed by atoms with Gasteiger partial charge in [-0.2, -0.15) is 0 Å². The summed E-state index contributed by atoms with van der Waals surface area (Å²) < 4.78 is 0. The predicted molar refractivity (Wildman–Crippen MR) is 188 cm³/mol. The SMILES string of the molecule is C1=C\C(c2c3ccccc3c(-c3ccc4ccccc4c3)c3ccccc23)=N/C=C\c2ccc3cccnc3c2NC/C=C/1. The van der Waals surface area contributed by atoms with E-state index >= 15 is 0 Å².